The summed E-state index contributed by atoms with van der Waals surface area (Å²) in [6.45, 7) is 0.459. The number of piperidine rings is 1. The Balaban J connectivity index is 1.52. The van der Waals surface area contributed by atoms with Crippen molar-refractivity contribution in [3.63, 3.8) is 0 Å². The van der Waals surface area contributed by atoms with E-state index in [4.69, 9.17) is 16.3 Å². The summed E-state index contributed by atoms with van der Waals surface area (Å²) in [7, 11) is -2.28. The molecule has 1 saturated heterocycles. The van der Waals surface area contributed by atoms with Crippen LogP contribution in [0.2, 0.25) is 5.02 Å². The van der Waals surface area contributed by atoms with Gasteiger partial charge in [0.2, 0.25) is 15.9 Å². The molecule has 0 radical (unpaired) electrons. The summed E-state index contributed by atoms with van der Waals surface area (Å²) in [5.41, 5.74) is 1.44. The summed E-state index contributed by atoms with van der Waals surface area (Å²) >= 11 is 7.09. The number of hydrogen-bond donors (Lipinski definition) is 1. The van der Waals surface area contributed by atoms with E-state index in [1.165, 1.54) is 17.5 Å². The van der Waals surface area contributed by atoms with Crippen LogP contribution in [0.1, 0.15) is 12.8 Å². The molecular formula is C19H19ClN4O4S2. The molecule has 3 aromatic rings. The number of nitrogens with zero attached hydrogens (tertiary/aromatic N) is 3. The number of rotatable bonds is 5. The summed E-state index contributed by atoms with van der Waals surface area (Å²) in [5, 5.41) is 3.20. The number of sulfonamides is 1. The van der Waals surface area contributed by atoms with E-state index in [1.54, 1.807) is 30.3 Å². The van der Waals surface area contributed by atoms with E-state index >= 15 is 0 Å². The summed E-state index contributed by atoms with van der Waals surface area (Å²) in [6.07, 6.45) is 1.19. The minimum atomic E-state index is -3.79. The molecule has 0 bridgehead atoms. The maximum Gasteiger partial charge on any atom is 0.245 e. The number of carbonyl (C=O) groups is 1. The van der Waals surface area contributed by atoms with E-state index in [1.807, 2.05) is 0 Å². The first-order valence-electron chi connectivity index (χ1n) is 9.26. The van der Waals surface area contributed by atoms with Crippen LogP contribution in [0.15, 0.2) is 41.3 Å². The van der Waals surface area contributed by atoms with Crippen LogP contribution < -0.4 is 10.1 Å². The van der Waals surface area contributed by atoms with Crippen molar-refractivity contribution in [2.75, 3.05) is 25.5 Å². The topological polar surface area (TPSA) is 101 Å². The van der Waals surface area contributed by atoms with E-state index in [0.717, 1.165) is 11.7 Å². The Morgan fingerprint density at radius 3 is 2.90 bits per heavy atom. The van der Waals surface area contributed by atoms with Crippen LogP contribution in [0, 0.1) is 5.92 Å². The van der Waals surface area contributed by atoms with Crippen molar-refractivity contribution in [1.82, 2.24) is 13.1 Å². The number of anilines is 1. The van der Waals surface area contributed by atoms with Gasteiger partial charge in [0.05, 0.1) is 29.8 Å². The second kappa shape index (κ2) is 8.46. The molecule has 1 aliphatic rings. The van der Waals surface area contributed by atoms with Gasteiger partial charge in [-0.15, -0.1) is 0 Å². The number of methoxy groups -OCH3 is 1. The highest BCUT2D eigenvalue weighted by Gasteiger charge is 2.34. The zero-order valence-corrected chi connectivity index (χ0v) is 18.4. The van der Waals surface area contributed by atoms with Crippen LogP contribution in [0.5, 0.6) is 5.75 Å². The van der Waals surface area contributed by atoms with Crippen LogP contribution in [0.25, 0.3) is 11.0 Å². The molecule has 2 aromatic carbocycles. The van der Waals surface area contributed by atoms with Gasteiger partial charge in [0.1, 0.15) is 21.7 Å². The van der Waals surface area contributed by atoms with Crippen molar-refractivity contribution in [2.24, 2.45) is 5.92 Å². The van der Waals surface area contributed by atoms with E-state index < -0.39 is 15.9 Å². The summed E-state index contributed by atoms with van der Waals surface area (Å²) in [4.78, 5) is 12.9. The van der Waals surface area contributed by atoms with Crippen molar-refractivity contribution in [2.45, 2.75) is 17.7 Å². The smallest absolute Gasteiger partial charge is 0.245 e. The van der Waals surface area contributed by atoms with Gasteiger partial charge in [0.15, 0.2) is 0 Å². The van der Waals surface area contributed by atoms with Gasteiger partial charge in [-0.25, -0.2) is 8.42 Å². The number of benzene rings is 2. The Morgan fingerprint density at radius 2 is 2.13 bits per heavy atom. The van der Waals surface area contributed by atoms with E-state index in [0.29, 0.717) is 46.9 Å². The van der Waals surface area contributed by atoms with E-state index in [-0.39, 0.29) is 17.3 Å². The van der Waals surface area contributed by atoms with Crippen molar-refractivity contribution in [3.8, 4) is 5.75 Å². The van der Waals surface area contributed by atoms with Gasteiger partial charge < -0.3 is 10.1 Å². The van der Waals surface area contributed by atoms with Crippen molar-refractivity contribution in [1.29, 1.82) is 0 Å². The number of hydrogen-bond acceptors (Lipinski definition) is 7. The quantitative estimate of drug-likeness (QED) is 0.618. The zero-order valence-electron chi connectivity index (χ0n) is 16.0. The first kappa shape index (κ1) is 21.0. The molecule has 2 heterocycles. The molecule has 158 valence electrons. The number of nitrogens with one attached hydrogen (secondary N) is 1. The molecule has 0 unspecified atom stereocenters. The Morgan fingerprint density at radius 1 is 1.30 bits per heavy atom. The molecule has 1 atom stereocenters. The Bertz CT molecular complexity index is 1200. The first-order chi connectivity index (χ1) is 14.4. The van der Waals surface area contributed by atoms with Gasteiger partial charge in [-0.3, -0.25) is 4.79 Å². The van der Waals surface area contributed by atoms with Crippen molar-refractivity contribution >= 4 is 56.0 Å². The van der Waals surface area contributed by atoms with Crippen molar-refractivity contribution in [3.05, 3.63) is 41.4 Å². The van der Waals surface area contributed by atoms with Crippen LogP contribution in [0.3, 0.4) is 0 Å². The van der Waals surface area contributed by atoms with Crippen LogP contribution in [-0.2, 0) is 14.8 Å². The fraction of sp³-hybridized carbons (Fsp3) is 0.316. The monoisotopic (exact) mass is 466 g/mol. The number of ether oxygens (including phenoxy) is 1. The molecule has 1 amide bonds. The second-order valence-corrected chi connectivity index (χ2v) is 9.77. The second-order valence-electron chi connectivity index (χ2n) is 6.93. The van der Waals surface area contributed by atoms with Crippen molar-refractivity contribution < 1.29 is 17.9 Å². The average Bonchev–Trinajstić information content (AvgIpc) is 3.23. The minimum Gasteiger partial charge on any atom is -0.495 e. The highest BCUT2D eigenvalue weighted by atomic mass is 35.5. The third-order valence-corrected chi connectivity index (χ3v) is 7.78. The van der Waals surface area contributed by atoms with E-state index in [2.05, 4.69) is 14.1 Å². The normalized spacial score (nSPS) is 17.7. The lowest BCUT2D eigenvalue weighted by atomic mass is 9.98. The third-order valence-electron chi connectivity index (χ3n) is 5.04. The molecule has 0 saturated carbocycles. The number of amides is 1. The van der Waals surface area contributed by atoms with Crippen LogP contribution >= 0.6 is 23.3 Å². The van der Waals surface area contributed by atoms with Gasteiger partial charge in [0.25, 0.3) is 0 Å². The van der Waals surface area contributed by atoms with Gasteiger partial charge in [0, 0.05) is 18.8 Å². The first-order valence-corrected chi connectivity index (χ1v) is 11.8. The minimum absolute atomic E-state index is 0.103. The lowest BCUT2D eigenvalue weighted by molar-refractivity contribution is -0.120. The molecule has 1 fully saturated rings. The predicted molar refractivity (Wildman–Crippen MR) is 116 cm³/mol. The number of fused-ring (bicyclic) bond motifs is 1. The van der Waals surface area contributed by atoms with Gasteiger partial charge >= 0.3 is 0 Å². The molecule has 1 N–H and O–H groups in total. The highest BCUT2D eigenvalue weighted by molar-refractivity contribution is 7.89. The molecule has 8 nitrogen and oxygen atoms in total. The predicted octanol–water partition coefficient (Wildman–Crippen LogP) is 3.39. The molecule has 4 rings (SSSR count). The van der Waals surface area contributed by atoms with Gasteiger partial charge in [-0.1, -0.05) is 17.7 Å². The third kappa shape index (κ3) is 4.00. The fourth-order valence-electron chi connectivity index (χ4n) is 3.49. The number of halogens is 1. The molecule has 0 aliphatic carbocycles. The summed E-state index contributed by atoms with van der Waals surface area (Å²) < 4.78 is 41.2. The SMILES string of the molecule is COc1ccc(NC(=O)[C@@H]2CCCN(S(=O)(=O)c3cccc4nsnc34)C2)cc1Cl. The maximum atomic E-state index is 13.2. The Kier molecular flexibility index (Phi) is 5.92. The average molecular weight is 467 g/mol. The molecule has 0 spiro atoms. The lowest BCUT2D eigenvalue weighted by Gasteiger charge is -2.31. The Labute approximate surface area is 183 Å². The molecule has 30 heavy (non-hydrogen) atoms. The summed E-state index contributed by atoms with van der Waals surface area (Å²) in [5.74, 6) is -0.206. The largest absolute Gasteiger partial charge is 0.495 e. The van der Waals surface area contributed by atoms with E-state index in [9.17, 15) is 13.2 Å². The van der Waals surface area contributed by atoms with Crippen LogP contribution in [-0.4, -0.2) is 47.6 Å². The van der Waals surface area contributed by atoms with Gasteiger partial charge in [-0.05, 0) is 43.2 Å². The zero-order chi connectivity index (χ0) is 21.3. The standard InChI is InChI=1S/C19H19ClN4O4S2/c1-28-16-8-7-13(10-14(16)20)21-19(25)12-4-3-9-24(11-12)30(26,27)17-6-2-5-15-18(17)23-29-22-15/h2,5-8,10,12H,3-4,9,11H2,1H3,(H,21,25)/t12-/m1/s1. The highest BCUT2D eigenvalue weighted by Crippen LogP contribution is 2.30. The number of carbonyl (C=O) groups excluding carboxylic acids is 1. The number of aromatic nitrogens is 2. The molecular weight excluding hydrogens is 448 g/mol. The maximum absolute atomic E-state index is 13.2. The molecule has 11 heteroatoms. The Hall–Kier alpha value is -2.27. The lowest BCUT2D eigenvalue weighted by Crippen LogP contribution is -2.43. The van der Waals surface area contributed by atoms with Gasteiger partial charge in [-0.2, -0.15) is 13.1 Å². The molecule has 1 aromatic heterocycles. The van der Waals surface area contributed by atoms with Crippen LogP contribution in [0.4, 0.5) is 5.69 Å². The molecule has 1 aliphatic heterocycles. The fourth-order valence-corrected chi connectivity index (χ4v) is 6.03. The summed E-state index contributed by atoms with van der Waals surface area (Å²) in [6, 6.07) is 9.87.